The number of hydrogen-bond donors (Lipinski definition) is 1. The van der Waals surface area contributed by atoms with E-state index >= 15 is 0 Å². The second-order valence-corrected chi connectivity index (χ2v) is 7.08. The maximum Gasteiger partial charge on any atom is 0.265 e. The number of ether oxygens (including phenoxy) is 1. The Morgan fingerprint density at radius 2 is 2.00 bits per heavy atom. The monoisotopic (exact) mass is 381 g/mol. The maximum absolute atomic E-state index is 12.7. The van der Waals surface area contributed by atoms with E-state index in [2.05, 4.69) is 10.3 Å². The number of likely N-dealkylation sites (tertiary alicyclic amines) is 1. The van der Waals surface area contributed by atoms with Crippen LogP contribution in [0.15, 0.2) is 30.5 Å². The van der Waals surface area contributed by atoms with Crippen LogP contribution in [0.25, 0.3) is 10.6 Å². The number of amides is 1. The fourth-order valence-corrected chi connectivity index (χ4v) is 3.91. The molecule has 0 aliphatic carbocycles. The SMILES string of the molecule is CNCC1CCN(C(=O)c2cnc(-c3ccc(OC)cc3)s2)CC1.Cl. The molecule has 0 unspecified atom stereocenters. The molecule has 1 aromatic heterocycles. The van der Waals surface area contributed by atoms with E-state index in [1.54, 1.807) is 13.3 Å². The van der Waals surface area contributed by atoms with Crippen LogP contribution in [-0.4, -0.2) is 49.6 Å². The predicted molar refractivity (Wildman–Crippen MR) is 104 cm³/mol. The van der Waals surface area contributed by atoms with Crippen molar-refractivity contribution in [2.45, 2.75) is 12.8 Å². The van der Waals surface area contributed by atoms with Crippen LogP contribution < -0.4 is 10.1 Å². The first-order chi connectivity index (χ1) is 11.7. The summed E-state index contributed by atoms with van der Waals surface area (Å²) in [5, 5.41) is 4.09. The fraction of sp³-hybridized carbons (Fsp3) is 0.444. The Balaban J connectivity index is 0.00000225. The molecule has 25 heavy (non-hydrogen) atoms. The lowest BCUT2D eigenvalue weighted by atomic mass is 9.97. The quantitative estimate of drug-likeness (QED) is 0.863. The van der Waals surface area contributed by atoms with Crippen molar-refractivity contribution in [3.63, 3.8) is 0 Å². The third-order valence-electron chi connectivity index (χ3n) is 4.45. The Kier molecular flexibility index (Phi) is 7.23. The van der Waals surface area contributed by atoms with E-state index in [-0.39, 0.29) is 18.3 Å². The number of piperidine rings is 1. The molecule has 1 amide bonds. The van der Waals surface area contributed by atoms with Crippen LogP contribution in [0, 0.1) is 5.92 Å². The number of hydrogen-bond acceptors (Lipinski definition) is 5. The zero-order valence-corrected chi connectivity index (χ0v) is 16.2. The summed E-state index contributed by atoms with van der Waals surface area (Å²) in [6.07, 6.45) is 3.83. The van der Waals surface area contributed by atoms with Gasteiger partial charge in [-0.3, -0.25) is 4.79 Å². The van der Waals surface area contributed by atoms with Gasteiger partial charge in [0, 0.05) is 18.7 Å². The highest BCUT2D eigenvalue weighted by Crippen LogP contribution is 2.28. The molecule has 136 valence electrons. The van der Waals surface area contributed by atoms with Gasteiger partial charge in [0.05, 0.1) is 13.3 Å². The van der Waals surface area contributed by atoms with Crippen molar-refractivity contribution in [2.24, 2.45) is 5.92 Å². The average molecular weight is 382 g/mol. The Morgan fingerprint density at radius 1 is 1.32 bits per heavy atom. The van der Waals surface area contributed by atoms with Crippen molar-refractivity contribution in [3.05, 3.63) is 35.3 Å². The molecular weight excluding hydrogens is 358 g/mol. The van der Waals surface area contributed by atoms with Gasteiger partial charge in [0.1, 0.15) is 15.6 Å². The van der Waals surface area contributed by atoms with Gasteiger partial charge in [-0.2, -0.15) is 0 Å². The highest BCUT2D eigenvalue weighted by atomic mass is 35.5. The van der Waals surface area contributed by atoms with Crippen LogP contribution >= 0.6 is 23.7 Å². The maximum atomic E-state index is 12.7. The number of benzene rings is 1. The van der Waals surface area contributed by atoms with Gasteiger partial charge in [0.25, 0.3) is 5.91 Å². The van der Waals surface area contributed by atoms with Crippen LogP contribution in [0.3, 0.4) is 0 Å². The van der Waals surface area contributed by atoms with Gasteiger partial charge < -0.3 is 15.0 Å². The van der Waals surface area contributed by atoms with Gasteiger partial charge in [0.15, 0.2) is 0 Å². The zero-order valence-electron chi connectivity index (χ0n) is 14.5. The molecule has 1 aromatic carbocycles. The molecule has 1 aliphatic heterocycles. The van der Waals surface area contributed by atoms with Gasteiger partial charge in [-0.25, -0.2) is 4.98 Å². The van der Waals surface area contributed by atoms with E-state index in [4.69, 9.17) is 4.74 Å². The number of halogens is 1. The number of rotatable bonds is 5. The Hall–Kier alpha value is -1.63. The molecule has 0 saturated carbocycles. The summed E-state index contributed by atoms with van der Waals surface area (Å²) in [4.78, 5) is 19.8. The van der Waals surface area contributed by atoms with Crippen molar-refractivity contribution in [1.82, 2.24) is 15.2 Å². The van der Waals surface area contributed by atoms with E-state index in [1.165, 1.54) is 11.3 Å². The summed E-state index contributed by atoms with van der Waals surface area (Å²) in [6.45, 7) is 2.70. The summed E-state index contributed by atoms with van der Waals surface area (Å²) >= 11 is 1.46. The number of nitrogens with zero attached hydrogens (tertiary/aromatic N) is 2. The molecule has 5 nitrogen and oxygen atoms in total. The summed E-state index contributed by atoms with van der Waals surface area (Å²) in [7, 11) is 3.63. The molecule has 1 fully saturated rings. The highest BCUT2D eigenvalue weighted by Gasteiger charge is 2.24. The van der Waals surface area contributed by atoms with Gasteiger partial charge in [-0.15, -0.1) is 23.7 Å². The van der Waals surface area contributed by atoms with Gasteiger partial charge in [-0.1, -0.05) is 0 Å². The minimum absolute atomic E-state index is 0. The largest absolute Gasteiger partial charge is 0.497 e. The van der Waals surface area contributed by atoms with E-state index in [9.17, 15) is 4.79 Å². The minimum atomic E-state index is 0. The molecule has 7 heteroatoms. The summed E-state index contributed by atoms with van der Waals surface area (Å²) in [5.41, 5.74) is 1.01. The van der Waals surface area contributed by atoms with Crippen molar-refractivity contribution in [3.8, 4) is 16.3 Å². The van der Waals surface area contributed by atoms with Gasteiger partial charge in [0.2, 0.25) is 0 Å². The van der Waals surface area contributed by atoms with Crippen LogP contribution in [-0.2, 0) is 0 Å². The predicted octanol–water partition coefficient (Wildman–Crippen LogP) is 3.31. The Bertz CT molecular complexity index is 682. The van der Waals surface area contributed by atoms with Crippen molar-refractivity contribution < 1.29 is 9.53 Å². The summed E-state index contributed by atoms with van der Waals surface area (Å²) in [5.74, 6) is 1.60. The average Bonchev–Trinajstić information content (AvgIpc) is 3.12. The van der Waals surface area contributed by atoms with Crippen LogP contribution in [0.2, 0.25) is 0 Å². The Labute approximate surface area is 158 Å². The van der Waals surface area contributed by atoms with Crippen molar-refractivity contribution in [2.75, 3.05) is 33.8 Å². The lowest BCUT2D eigenvalue weighted by molar-refractivity contribution is 0.0695. The van der Waals surface area contributed by atoms with Crippen molar-refractivity contribution >= 4 is 29.7 Å². The minimum Gasteiger partial charge on any atom is -0.497 e. The number of nitrogens with one attached hydrogen (secondary N) is 1. The molecule has 0 spiro atoms. The zero-order chi connectivity index (χ0) is 16.9. The van der Waals surface area contributed by atoms with E-state index < -0.39 is 0 Å². The summed E-state index contributed by atoms with van der Waals surface area (Å²) < 4.78 is 5.17. The number of carbonyl (C=O) groups is 1. The topological polar surface area (TPSA) is 54.5 Å². The number of aromatic nitrogens is 1. The van der Waals surface area contributed by atoms with Crippen LogP contribution in [0.1, 0.15) is 22.5 Å². The normalized spacial score (nSPS) is 14.9. The number of thiazole rings is 1. The molecule has 0 radical (unpaired) electrons. The molecule has 0 atom stereocenters. The first kappa shape index (κ1) is 19.7. The summed E-state index contributed by atoms with van der Waals surface area (Å²) in [6, 6.07) is 7.75. The molecule has 1 N–H and O–H groups in total. The third kappa shape index (κ3) is 4.71. The molecule has 0 bridgehead atoms. The second-order valence-electron chi connectivity index (χ2n) is 6.05. The third-order valence-corrected chi connectivity index (χ3v) is 5.48. The molecule has 2 aromatic rings. The van der Waals surface area contributed by atoms with Gasteiger partial charge in [-0.05, 0) is 56.6 Å². The highest BCUT2D eigenvalue weighted by molar-refractivity contribution is 7.16. The fourth-order valence-electron chi connectivity index (χ4n) is 3.02. The molecule has 2 heterocycles. The van der Waals surface area contributed by atoms with Gasteiger partial charge >= 0.3 is 0 Å². The number of carbonyl (C=O) groups excluding carboxylic acids is 1. The van der Waals surface area contributed by atoms with E-state index in [0.717, 1.165) is 48.8 Å². The number of methoxy groups -OCH3 is 1. The molecule has 1 saturated heterocycles. The standard InChI is InChI=1S/C18H23N3O2S.ClH/c1-19-11-13-7-9-21(10-8-13)18(22)16-12-20-17(24-16)14-3-5-15(23-2)6-4-14;/h3-6,12-13,19H,7-11H2,1-2H3;1H. The molecule has 1 aliphatic rings. The molecular formula is C18H24ClN3O2S. The lowest BCUT2D eigenvalue weighted by Crippen LogP contribution is -2.40. The molecule has 3 rings (SSSR count). The van der Waals surface area contributed by atoms with E-state index in [0.29, 0.717) is 10.8 Å². The van der Waals surface area contributed by atoms with E-state index in [1.807, 2.05) is 36.2 Å². The van der Waals surface area contributed by atoms with Crippen LogP contribution in [0.4, 0.5) is 0 Å². The first-order valence-corrected chi connectivity index (χ1v) is 9.07. The first-order valence-electron chi connectivity index (χ1n) is 8.25. The lowest BCUT2D eigenvalue weighted by Gasteiger charge is -2.31. The Morgan fingerprint density at radius 3 is 2.60 bits per heavy atom. The smallest absolute Gasteiger partial charge is 0.265 e. The van der Waals surface area contributed by atoms with Crippen molar-refractivity contribution in [1.29, 1.82) is 0 Å². The second kappa shape index (κ2) is 9.17. The van der Waals surface area contributed by atoms with Crippen LogP contribution in [0.5, 0.6) is 5.75 Å².